The summed E-state index contributed by atoms with van der Waals surface area (Å²) >= 11 is 1.96. The van der Waals surface area contributed by atoms with Crippen LogP contribution in [0.25, 0.3) is 0 Å². The topological polar surface area (TPSA) is 38.4 Å². The highest BCUT2D eigenvalue weighted by molar-refractivity contribution is 7.99. The summed E-state index contributed by atoms with van der Waals surface area (Å²) in [5, 5.41) is 0. The van der Waals surface area contributed by atoms with E-state index in [-0.39, 0.29) is 5.41 Å². The Bertz CT molecular complexity index is 182. The van der Waals surface area contributed by atoms with Gasteiger partial charge in [0.25, 0.3) is 0 Å². The summed E-state index contributed by atoms with van der Waals surface area (Å²) in [6.07, 6.45) is 1.12. The zero-order valence-corrected chi connectivity index (χ0v) is 10.9. The van der Waals surface area contributed by atoms with Crippen molar-refractivity contribution in [2.45, 2.75) is 47.1 Å². The minimum Gasteiger partial charge on any atom is -0.387 e. The molecule has 0 aromatic rings. The number of nitrogens with two attached hydrogens (primary N) is 1. The first kappa shape index (κ1) is 13.8. The molecule has 0 saturated heterocycles. The molecule has 0 aliphatic carbocycles. The van der Waals surface area contributed by atoms with Crippen LogP contribution in [0.4, 0.5) is 0 Å². The van der Waals surface area contributed by atoms with E-state index in [2.05, 4.69) is 39.6 Å². The molecule has 3 heteroatoms. The normalized spacial score (nSPS) is 15.6. The number of hydrogen-bond donors (Lipinski definition) is 1. The standard InChI is InChI=1S/C11H24N2S/c1-6-14-8-7-9(2)13-10(12)11(3,4)5/h9H,6-8H2,1-5H3,(H2,12,13). The van der Waals surface area contributed by atoms with Gasteiger partial charge in [0.2, 0.25) is 0 Å². The average molecular weight is 216 g/mol. The minimum atomic E-state index is 0.00611. The number of hydrogen-bond acceptors (Lipinski definition) is 2. The molecule has 0 rings (SSSR count). The fourth-order valence-electron chi connectivity index (χ4n) is 0.894. The zero-order chi connectivity index (χ0) is 11.2. The molecule has 1 unspecified atom stereocenters. The van der Waals surface area contributed by atoms with Crippen molar-refractivity contribution in [1.29, 1.82) is 0 Å². The Morgan fingerprint density at radius 2 is 2.00 bits per heavy atom. The summed E-state index contributed by atoms with van der Waals surface area (Å²) in [7, 11) is 0. The zero-order valence-electron chi connectivity index (χ0n) is 10.1. The van der Waals surface area contributed by atoms with E-state index < -0.39 is 0 Å². The Labute approximate surface area is 92.7 Å². The maximum atomic E-state index is 5.90. The van der Waals surface area contributed by atoms with E-state index in [1.807, 2.05) is 11.8 Å². The Kier molecular flexibility index (Phi) is 6.25. The molecule has 0 radical (unpaired) electrons. The van der Waals surface area contributed by atoms with Crippen molar-refractivity contribution < 1.29 is 0 Å². The van der Waals surface area contributed by atoms with E-state index in [4.69, 9.17) is 5.73 Å². The second kappa shape index (κ2) is 6.33. The van der Waals surface area contributed by atoms with E-state index in [0.29, 0.717) is 6.04 Å². The lowest BCUT2D eigenvalue weighted by molar-refractivity contribution is 0.572. The van der Waals surface area contributed by atoms with Crippen molar-refractivity contribution in [3.63, 3.8) is 0 Å². The molecule has 2 nitrogen and oxygen atoms in total. The summed E-state index contributed by atoms with van der Waals surface area (Å²) in [5.41, 5.74) is 5.91. The van der Waals surface area contributed by atoms with Crippen molar-refractivity contribution in [1.82, 2.24) is 0 Å². The predicted octanol–water partition coefficient (Wildman–Crippen LogP) is 2.92. The molecule has 0 heterocycles. The molecule has 0 aromatic heterocycles. The third-order valence-corrected chi connectivity index (χ3v) is 2.94. The van der Waals surface area contributed by atoms with E-state index >= 15 is 0 Å². The lowest BCUT2D eigenvalue weighted by Gasteiger charge is -2.19. The lowest BCUT2D eigenvalue weighted by Crippen LogP contribution is -2.30. The molecule has 0 saturated carbocycles. The van der Waals surface area contributed by atoms with Crippen LogP contribution in [0.3, 0.4) is 0 Å². The van der Waals surface area contributed by atoms with Crippen LogP contribution in [0.15, 0.2) is 4.99 Å². The average Bonchev–Trinajstić information content (AvgIpc) is 2.03. The first-order valence-corrected chi connectivity index (χ1v) is 6.45. The minimum absolute atomic E-state index is 0.00611. The molecule has 0 spiro atoms. The van der Waals surface area contributed by atoms with Crippen molar-refractivity contribution in [2.75, 3.05) is 11.5 Å². The summed E-state index contributed by atoms with van der Waals surface area (Å²) < 4.78 is 0. The van der Waals surface area contributed by atoms with Gasteiger partial charge in [0, 0.05) is 11.5 Å². The van der Waals surface area contributed by atoms with Crippen LogP contribution in [0.2, 0.25) is 0 Å². The van der Waals surface area contributed by atoms with Crippen LogP contribution in [-0.2, 0) is 0 Å². The smallest absolute Gasteiger partial charge is 0.0994 e. The van der Waals surface area contributed by atoms with E-state index in [0.717, 1.165) is 12.3 Å². The second-order valence-electron chi connectivity index (χ2n) is 4.60. The Hall–Kier alpha value is -0.180. The van der Waals surface area contributed by atoms with Crippen LogP contribution >= 0.6 is 11.8 Å². The first-order valence-electron chi connectivity index (χ1n) is 5.29. The van der Waals surface area contributed by atoms with Crippen LogP contribution in [0.1, 0.15) is 41.0 Å². The quantitative estimate of drug-likeness (QED) is 0.436. The molecule has 0 aromatic carbocycles. The maximum absolute atomic E-state index is 5.90. The maximum Gasteiger partial charge on any atom is 0.0994 e. The van der Waals surface area contributed by atoms with Crippen LogP contribution in [0.5, 0.6) is 0 Å². The lowest BCUT2D eigenvalue weighted by atomic mass is 9.95. The van der Waals surface area contributed by atoms with Crippen LogP contribution < -0.4 is 5.73 Å². The van der Waals surface area contributed by atoms with Gasteiger partial charge in [0.05, 0.1) is 5.84 Å². The van der Waals surface area contributed by atoms with Crippen molar-refractivity contribution in [2.24, 2.45) is 16.1 Å². The Balaban J connectivity index is 3.96. The van der Waals surface area contributed by atoms with E-state index in [1.165, 1.54) is 11.5 Å². The molecule has 2 N–H and O–H groups in total. The molecule has 0 fully saturated rings. The van der Waals surface area contributed by atoms with Gasteiger partial charge in [-0.2, -0.15) is 11.8 Å². The highest BCUT2D eigenvalue weighted by Crippen LogP contribution is 2.14. The molecule has 0 aliphatic rings. The van der Waals surface area contributed by atoms with Crippen molar-refractivity contribution >= 4 is 17.6 Å². The first-order chi connectivity index (χ1) is 6.38. The Morgan fingerprint density at radius 3 is 2.43 bits per heavy atom. The second-order valence-corrected chi connectivity index (χ2v) is 5.99. The predicted molar refractivity (Wildman–Crippen MR) is 68.2 cm³/mol. The SMILES string of the molecule is CCSCCC(C)N=C(N)C(C)(C)C. The monoisotopic (exact) mass is 216 g/mol. The van der Waals surface area contributed by atoms with E-state index in [1.54, 1.807) is 0 Å². The highest BCUT2D eigenvalue weighted by atomic mass is 32.2. The van der Waals surface area contributed by atoms with Crippen molar-refractivity contribution in [3.05, 3.63) is 0 Å². The van der Waals surface area contributed by atoms with Gasteiger partial charge in [-0.1, -0.05) is 27.7 Å². The summed E-state index contributed by atoms with van der Waals surface area (Å²) in [6.45, 7) is 10.6. The molecule has 0 aliphatic heterocycles. The molecule has 1 atom stereocenters. The number of rotatable bonds is 5. The molecule has 0 bridgehead atoms. The molecule has 84 valence electrons. The van der Waals surface area contributed by atoms with Gasteiger partial charge in [-0.25, -0.2) is 0 Å². The van der Waals surface area contributed by atoms with Gasteiger partial charge in [-0.3, -0.25) is 4.99 Å². The molecule has 14 heavy (non-hydrogen) atoms. The third kappa shape index (κ3) is 6.30. The van der Waals surface area contributed by atoms with Gasteiger partial charge in [0.1, 0.15) is 0 Å². The largest absolute Gasteiger partial charge is 0.387 e. The fourth-order valence-corrected chi connectivity index (χ4v) is 1.69. The summed E-state index contributed by atoms with van der Waals surface area (Å²) in [5.74, 6) is 3.13. The van der Waals surface area contributed by atoms with Gasteiger partial charge in [-0.05, 0) is 24.9 Å². The fraction of sp³-hybridized carbons (Fsp3) is 0.909. The molecule has 0 amide bonds. The van der Waals surface area contributed by atoms with Gasteiger partial charge >= 0.3 is 0 Å². The number of thioether (sulfide) groups is 1. The number of nitrogens with zero attached hydrogens (tertiary/aromatic N) is 1. The molecular formula is C11H24N2S. The van der Waals surface area contributed by atoms with Gasteiger partial charge in [-0.15, -0.1) is 0 Å². The van der Waals surface area contributed by atoms with Gasteiger partial charge < -0.3 is 5.73 Å². The number of aliphatic imine (C=N–C) groups is 1. The van der Waals surface area contributed by atoms with Gasteiger partial charge in [0.15, 0.2) is 0 Å². The highest BCUT2D eigenvalue weighted by Gasteiger charge is 2.16. The van der Waals surface area contributed by atoms with Crippen LogP contribution in [0, 0.1) is 5.41 Å². The summed E-state index contributed by atoms with van der Waals surface area (Å²) in [4.78, 5) is 4.50. The van der Waals surface area contributed by atoms with Crippen LogP contribution in [-0.4, -0.2) is 23.4 Å². The molecular weight excluding hydrogens is 192 g/mol. The summed E-state index contributed by atoms with van der Waals surface area (Å²) in [6, 6.07) is 0.355. The third-order valence-electron chi connectivity index (χ3n) is 2.01. The number of amidine groups is 1. The van der Waals surface area contributed by atoms with E-state index in [9.17, 15) is 0 Å². The van der Waals surface area contributed by atoms with Crippen molar-refractivity contribution in [3.8, 4) is 0 Å². The Morgan fingerprint density at radius 1 is 1.43 bits per heavy atom.